The predicted octanol–water partition coefficient (Wildman–Crippen LogP) is 3.61. The molecule has 2 aliphatic heterocycles. The van der Waals surface area contributed by atoms with Gasteiger partial charge in [0.1, 0.15) is 0 Å². The number of piperidine rings is 1. The van der Waals surface area contributed by atoms with Gasteiger partial charge in [0.05, 0.1) is 12.5 Å². The van der Waals surface area contributed by atoms with Crippen LogP contribution in [0.4, 0.5) is 5.69 Å². The van der Waals surface area contributed by atoms with Crippen LogP contribution in [-0.2, 0) is 11.3 Å². The molecule has 3 aromatic rings. The van der Waals surface area contributed by atoms with E-state index in [4.69, 9.17) is 4.52 Å². The van der Waals surface area contributed by atoms with Gasteiger partial charge in [0.15, 0.2) is 0 Å². The summed E-state index contributed by atoms with van der Waals surface area (Å²) < 4.78 is 5.54. The average molecular weight is 446 g/mol. The highest BCUT2D eigenvalue weighted by atomic mass is 16.5. The van der Waals surface area contributed by atoms with Gasteiger partial charge in [-0.3, -0.25) is 9.69 Å². The standard InChI is InChI=1S/C26H31N5O2/c1-20-8-5-6-12-23(20)25-27-24(33-28-25)19-29-13-7-9-21(18-29)26(32)31-16-14-30(15-17-31)22-10-3-2-4-11-22/h2-6,8,10-12,21H,7,9,13-19H2,1H3. The molecule has 1 amide bonds. The highest BCUT2D eigenvalue weighted by Gasteiger charge is 2.31. The number of nitrogens with zero attached hydrogens (tertiary/aromatic N) is 5. The molecule has 5 rings (SSSR count). The topological polar surface area (TPSA) is 65.7 Å². The minimum absolute atomic E-state index is 0.0424. The molecule has 3 heterocycles. The Hall–Kier alpha value is -3.19. The fraction of sp³-hybridized carbons (Fsp3) is 0.423. The van der Waals surface area contributed by atoms with Crippen molar-refractivity contribution in [2.24, 2.45) is 5.92 Å². The molecule has 0 spiro atoms. The second-order valence-electron chi connectivity index (χ2n) is 9.05. The lowest BCUT2D eigenvalue weighted by Gasteiger charge is -2.39. The third kappa shape index (κ3) is 4.93. The first kappa shape index (κ1) is 21.6. The number of para-hydroxylation sites is 1. The monoisotopic (exact) mass is 445 g/mol. The quantitative estimate of drug-likeness (QED) is 0.598. The fourth-order valence-electron chi connectivity index (χ4n) is 4.93. The molecule has 0 aliphatic carbocycles. The second kappa shape index (κ2) is 9.75. The maximum Gasteiger partial charge on any atom is 0.241 e. The Labute approximate surface area is 195 Å². The third-order valence-electron chi connectivity index (χ3n) is 6.78. The maximum atomic E-state index is 13.3. The summed E-state index contributed by atoms with van der Waals surface area (Å²) in [5.74, 6) is 1.57. The first-order chi connectivity index (χ1) is 16.2. The molecule has 7 heteroatoms. The zero-order valence-corrected chi connectivity index (χ0v) is 19.2. The smallest absolute Gasteiger partial charge is 0.241 e. The molecular formula is C26H31N5O2. The average Bonchev–Trinajstić information content (AvgIpc) is 3.33. The molecule has 0 bridgehead atoms. The summed E-state index contributed by atoms with van der Waals surface area (Å²) in [4.78, 5) is 24.6. The SMILES string of the molecule is Cc1ccccc1-c1noc(CN2CCCC(C(=O)N3CCN(c4ccccc4)CC3)C2)n1. The second-order valence-corrected chi connectivity index (χ2v) is 9.05. The molecule has 2 aromatic carbocycles. The van der Waals surface area contributed by atoms with Crippen LogP contribution in [0.1, 0.15) is 24.3 Å². The number of amides is 1. The Morgan fingerprint density at radius 1 is 1.00 bits per heavy atom. The minimum atomic E-state index is 0.0424. The number of benzene rings is 2. The molecule has 33 heavy (non-hydrogen) atoms. The molecule has 172 valence electrons. The summed E-state index contributed by atoms with van der Waals surface area (Å²) in [7, 11) is 0. The number of aromatic nitrogens is 2. The number of piperazine rings is 1. The summed E-state index contributed by atoms with van der Waals surface area (Å²) >= 11 is 0. The van der Waals surface area contributed by atoms with Crippen molar-refractivity contribution in [3.05, 3.63) is 66.1 Å². The van der Waals surface area contributed by atoms with E-state index in [-0.39, 0.29) is 5.92 Å². The number of carbonyl (C=O) groups is 1. The normalized spacial score (nSPS) is 19.6. The van der Waals surface area contributed by atoms with Crippen LogP contribution in [0.3, 0.4) is 0 Å². The third-order valence-corrected chi connectivity index (χ3v) is 6.78. The number of carbonyl (C=O) groups excluding carboxylic acids is 1. The van der Waals surface area contributed by atoms with Gasteiger partial charge < -0.3 is 14.3 Å². The van der Waals surface area contributed by atoms with Gasteiger partial charge in [0.25, 0.3) is 0 Å². The Balaban J connectivity index is 1.16. The van der Waals surface area contributed by atoms with Crippen LogP contribution in [0.15, 0.2) is 59.1 Å². The Morgan fingerprint density at radius 2 is 1.76 bits per heavy atom. The van der Waals surface area contributed by atoms with Crippen LogP contribution in [0.2, 0.25) is 0 Å². The van der Waals surface area contributed by atoms with Gasteiger partial charge in [-0.2, -0.15) is 4.98 Å². The van der Waals surface area contributed by atoms with Crippen LogP contribution in [-0.4, -0.2) is 65.1 Å². The van der Waals surface area contributed by atoms with Crippen molar-refractivity contribution in [2.45, 2.75) is 26.3 Å². The van der Waals surface area contributed by atoms with Crippen molar-refractivity contribution in [3.63, 3.8) is 0 Å². The van der Waals surface area contributed by atoms with Gasteiger partial charge in [0, 0.05) is 44.0 Å². The number of aryl methyl sites for hydroxylation is 1. The van der Waals surface area contributed by atoms with Gasteiger partial charge >= 0.3 is 0 Å². The van der Waals surface area contributed by atoms with Crippen molar-refractivity contribution in [1.29, 1.82) is 0 Å². The zero-order valence-electron chi connectivity index (χ0n) is 19.2. The molecule has 1 atom stereocenters. The van der Waals surface area contributed by atoms with E-state index < -0.39 is 0 Å². The fourth-order valence-corrected chi connectivity index (χ4v) is 4.93. The highest BCUT2D eigenvalue weighted by Crippen LogP contribution is 2.24. The van der Waals surface area contributed by atoms with Crippen molar-refractivity contribution < 1.29 is 9.32 Å². The summed E-state index contributed by atoms with van der Waals surface area (Å²) in [5, 5.41) is 4.18. The lowest BCUT2D eigenvalue weighted by atomic mass is 9.96. The van der Waals surface area contributed by atoms with Gasteiger partial charge in [-0.05, 0) is 44.0 Å². The number of likely N-dealkylation sites (tertiary alicyclic amines) is 1. The van der Waals surface area contributed by atoms with Gasteiger partial charge in [-0.1, -0.05) is 47.6 Å². The van der Waals surface area contributed by atoms with E-state index in [1.54, 1.807) is 0 Å². The van der Waals surface area contributed by atoms with Gasteiger partial charge in [-0.25, -0.2) is 0 Å². The Bertz CT molecular complexity index is 1080. The number of rotatable bonds is 5. The van der Waals surface area contributed by atoms with E-state index in [2.05, 4.69) is 49.1 Å². The zero-order chi connectivity index (χ0) is 22.6. The lowest BCUT2D eigenvalue weighted by Crippen LogP contribution is -2.52. The van der Waals surface area contributed by atoms with E-state index in [1.807, 2.05) is 37.3 Å². The molecule has 2 saturated heterocycles. The number of anilines is 1. The molecule has 0 saturated carbocycles. The van der Waals surface area contributed by atoms with Crippen LogP contribution >= 0.6 is 0 Å². The van der Waals surface area contributed by atoms with Crippen molar-refractivity contribution in [1.82, 2.24) is 19.9 Å². The Kier molecular flexibility index (Phi) is 6.39. The van der Waals surface area contributed by atoms with E-state index >= 15 is 0 Å². The molecule has 1 unspecified atom stereocenters. The Morgan fingerprint density at radius 3 is 2.55 bits per heavy atom. The number of hydrogen-bond acceptors (Lipinski definition) is 6. The van der Waals surface area contributed by atoms with Crippen molar-refractivity contribution in [2.75, 3.05) is 44.2 Å². The number of hydrogen-bond donors (Lipinski definition) is 0. The summed E-state index contributed by atoms with van der Waals surface area (Å²) in [5.41, 5.74) is 3.35. The largest absolute Gasteiger partial charge is 0.368 e. The van der Waals surface area contributed by atoms with Crippen LogP contribution in [0.25, 0.3) is 11.4 Å². The molecule has 7 nitrogen and oxygen atoms in total. The van der Waals surface area contributed by atoms with Gasteiger partial charge in [0.2, 0.25) is 17.6 Å². The molecule has 1 aromatic heterocycles. The molecule has 2 aliphatic rings. The van der Waals surface area contributed by atoms with Gasteiger partial charge in [-0.15, -0.1) is 0 Å². The van der Waals surface area contributed by atoms with Crippen LogP contribution in [0.5, 0.6) is 0 Å². The molecule has 0 N–H and O–H groups in total. The predicted molar refractivity (Wildman–Crippen MR) is 128 cm³/mol. The van der Waals surface area contributed by atoms with E-state index in [9.17, 15) is 4.79 Å². The highest BCUT2D eigenvalue weighted by molar-refractivity contribution is 5.79. The van der Waals surface area contributed by atoms with E-state index in [0.29, 0.717) is 24.2 Å². The van der Waals surface area contributed by atoms with Crippen LogP contribution < -0.4 is 4.90 Å². The maximum absolute atomic E-state index is 13.3. The summed E-state index contributed by atoms with van der Waals surface area (Å²) in [6, 6.07) is 18.5. The van der Waals surface area contributed by atoms with Crippen LogP contribution in [0, 0.1) is 12.8 Å². The summed E-state index contributed by atoms with van der Waals surface area (Å²) in [6.07, 6.45) is 1.96. The molecule has 0 radical (unpaired) electrons. The van der Waals surface area contributed by atoms with E-state index in [1.165, 1.54) is 5.69 Å². The summed E-state index contributed by atoms with van der Waals surface area (Å²) in [6.45, 7) is 7.68. The minimum Gasteiger partial charge on any atom is -0.368 e. The first-order valence-electron chi connectivity index (χ1n) is 11.9. The van der Waals surface area contributed by atoms with Crippen molar-refractivity contribution in [3.8, 4) is 11.4 Å². The van der Waals surface area contributed by atoms with E-state index in [0.717, 1.165) is 63.2 Å². The van der Waals surface area contributed by atoms with Crippen molar-refractivity contribution >= 4 is 11.6 Å². The first-order valence-corrected chi connectivity index (χ1v) is 11.9. The molecular weight excluding hydrogens is 414 g/mol. The molecule has 2 fully saturated rings. The lowest BCUT2D eigenvalue weighted by molar-refractivity contribution is -0.137.